The minimum atomic E-state index is -0.337. The predicted octanol–water partition coefficient (Wildman–Crippen LogP) is 1.39. The molecule has 1 aliphatic heterocycles. The average molecular weight is 485 g/mol. The van der Waals surface area contributed by atoms with Crippen molar-refractivity contribution in [2.45, 2.75) is 45.3 Å². The molecule has 1 atom stereocenters. The van der Waals surface area contributed by atoms with Crippen molar-refractivity contribution in [2.75, 3.05) is 38.6 Å². The molecule has 1 aliphatic rings. The van der Waals surface area contributed by atoms with Gasteiger partial charge < -0.3 is 30.2 Å². The standard InChI is InChI=1S/C24H32N6O5/c1-2-3-10-35-23-28-21(25)20-22(29-23)30(24(32)27-20)15-17-6-4-16(5-7-17)13-19(31)34-11-8-18-14-26-9-12-33-18/h4-7,18,26H,2-3,8-15H2,1H3,(H,27,32)(H2,25,28,29). The van der Waals surface area contributed by atoms with Crippen LogP contribution in [0.5, 0.6) is 6.01 Å². The largest absolute Gasteiger partial charge is 0.465 e. The molecule has 1 fully saturated rings. The molecule has 1 aromatic carbocycles. The zero-order chi connectivity index (χ0) is 24.6. The Morgan fingerprint density at radius 1 is 1.23 bits per heavy atom. The van der Waals surface area contributed by atoms with Gasteiger partial charge in [-0.15, -0.1) is 0 Å². The van der Waals surface area contributed by atoms with Gasteiger partial charge in [0.25, 0.3) is 0 Å². The molecule has 3 aromatic rings. The summed E-state index contributed by atoms with van der Waals surface area (Å²) in [6.45, 7) is 5.48. The van der Waals surface area contributed by atoms with Crippen molar-refractivity contribution >= 4 is 23.0 Å². The summed E-state index contributed by atoms with van der Waals surface area (Å²) in [7, 11) is 0. The number of imidazole rings is 1. The van der Waals surface area contributed by atoms with Gasteiger partial charge in [0.05, 0.1) is 38.9 Å². The molecule has 0 spiro atoms. The minimum Gasteiger partial charge on any atom is -0.465 e. The van der Waals surface area contributed by atoms with E-state index >= 15 is 0 Å². The molecule has 1 unspecified atom stereocenters. The highest BCUT2D eigenvalue weighted by Gasteiger charge is 2.16. The SMILES string of the molecule is CCCCOc1nc(N)c2[nH]c(=O)n(Cc3ccc(CC(=O)OCCC4CNCCO4)cc3)c2n1. The van der Waals surface area contributed by atoms with E-state index in [2.05, 4.69) is 27.2 Å². The molecular weight excluding hydrogens is 452 g/mol. The summed E-state index contributed by atoms with van der Waals surface area (Å²) in [6, 6.07) is 7.61. The number of aromatic amines is 1. The van der Waals surface area contributed by atoms with Crippen LogP contribution in [0.4, 0.5) is 5.82 Å². The van der Waals surface area contributed by atoms with Crippen LogP contribution in [0.2, 0.25) is 0 Å². The van der Waals surface area contributed by atoms with Crippen LogP contribution in [0.3, 0.4) is 0 Å². The van der Waals surface area contributed by atoms with E-state index in [0.717, 1.165) is 37.1 Å². The van der Waals surface area contributed by atoms with Gasteiger partial charge in [-0.2, -0.15) is 9.97 Å². The van der Waals surface area contributed by atoms with Gasteiger partial charge in [0.1, 0.15) is 5.52 Å². The van der Waals surface area contributed by atoms with Crippen LogP contribution < -0.4 is 21.5 Å². The number of benzene rings is 1. The second-order valence-electron chi connectivity index (χ2n) is 8.51. The Hall–Kier alpha value is -3.44. The number of hydrogen-bond donors (Lipinski definition) is 3. The molecule has 0 radical (unpaired) electrons. The van der Waals surface area contributed by atoms with E-state index in [9.17, 15) is 9.59 Å². The number of carbonyl (C=O) groups is 1. The molecule has 35 heavy (non-hydrogen) atoms. The van der Waals surface area contributed by atoms with Crippen molar-refractivity contribution in [1.29, 1.82) is 0 Å². The fraction of sp³-hybridized carbons (Fsp3) is 0.500. The van der Waals surface area contributed by atoms with Crippen molar-refractivity contribution in [3.63, 3.8) is 0 Å². The first kappa shape index (κ1) is 24.7. The lowest BCUT2D eigenvalue weighted by Gasteiger charge is -2.23. The molecular formula is C24H32N6O5. The molecule has 0 amide bonds. The maximum Gasteiger partial charge on any atom is 0.328 e. The molecule has 188 valence electrons. The van der Waals surface area contributed by atoms with E-state index in [4.69, 9.17) is 19.9 Å². The number of unbranched alkanes of at least 4 members (excludes halogenated alkanes) is 1. The third-order valence-corrected chi connectivity index (χ3v) is 5.78. The van der Waals surface area contributed by atoms with Gasteiger partial charge in [0, 0.05) is 19.5 Å². The Labute approximate surface area is 203 Å². The van der Waals surface area contributed by atoms with Gasteiger partial charge in [-0.05, 0) is 17.5 Å². The van der Waals surface area contributed by atoms with Crippen LogP contribution in [0, 0.1) is 0 Å². The molecule has 0 bridgehead atoms. The highest BCUT2D eigenvalue weighted by atomic mass is 16.5. The number of morpholine rings is 1. The number of ether oxygens (including phenoxy) is 3. The monoisotopic (exact) mass is 484 g/mol. The van der Waals surface area contributed by atoms with E-state index in [1.165, 1.54) is 4.57 Å². The third-order valence-electron chi connectivity index (χ3n) is 5.78. The summed E-state index contributed by atoms with van der Waals surface area (Å²) in [5, 5.41) is 3.25. The Morgan fingerprint density at radius 2 is 2.03 bits per heavy atom. The molecule has 1 saturated heterocycles. The second-order valence-corrected chi connectivity index (χ2v) is 8.51. The van der Waals surface area contributed by atoms with Crippen LogP contribution in [0.1, 0.15) is 37.3 Å². The number of hydrogen-bond acceptors (Lipinski definition) is 9. The van der Waals surface area contributed by atoms with Gasteiger partial charge in [0.2, 0.25) is 0 Å². The highest BCUT2D eigenvalue weighted by molar-refractivity contribution is 5.82. The zero-order valence-electron chi connectivity index (χ0n) is 19.9. The van der Waals surface area contributed by atoms with Crippen LogP contribution in [-0.2, 0) is 27.2 Å². The van der Waals surface area contributed by atoms with Gasteiger partial charge in [-0.1, -0.05) is 37.6 Å². The molecule has 2 aromatic heterocycles. The number of nitrogens with one attached hydrogen (secondary N) is 2. The molecule has 0 saturated carbocycles. The number of nitrogen functional groups attached to an aromatic ring is 1. The third kappa shape index (κ3) is 6.58. The molecule has 4 rings (SSSR count). The van der Waals surface area contributed by atoms with Crippen molar-refractivity contribution in [2.24, 2.45) is 0 Å². The Balaban J connectivity index is 1.36. The fourth-order valence-electron chi connectivity index (χ4n) is 3.82. The van der Waals surface area contributed by atoms with E-state index < -0.39 is 0 Å². The molecule has 11 nitrogen and oxygen atoms in total. The topological polar surface area (TPSA) is 146 Å². The Kier molecular flexibility index (Phi) is 8.32. The van der Waals surface area contributed by atoms with Crippen molar-refractivity contribution in [3.05, 3.63) is 45.9 Å². The number of nitrogens with two attached hydrogens (primary N) is 1. The minimum absolute atomic E-state index is 0.0864. The van der Waals surface area contributed by atoms with Crippen molar-refractivity contribution in [3.8, 4) is 6.01 Å². The first-order valence-corrected chi connectivity index (χ1v) is 12.0. The Morgan fingerprint density at radius 3 is 2.77 bits per heavy atom. The normalized spacial score (nSPS) is 15.9. The number of H-pyrrole nitrogens is 1. The zero-order valence-corrected chi connectivity index (χ0v) is 19.9. The lowest BCUT2D eigenvalue weighted by Crippen LogP contribution is -2.39. The van der Waals surface area contributed by atoms with E-state index in [0.29, 0.717) is 37.4 Å². The summed E-state index contributed by atoms with van der Waals surface area (Å²) in [4.78, 5) is 36.0. The first-order valence-electron chi connectivity index (χ1n) is 12.0. The first-order chi connectivity index (χ1) is 17.0. The number of carbonyl (C=O) groups excluding carboxylic acids is 1. The van der Waals surface area contributed by atoms with Gasteiger partial charge >= 0.3 is 17.7 Å². The van der Waals surface area contributed by atoms with Gasteiger partial charge in [0.15, 0.2) is 11.5 Å². The summed E-state index contributed by atoms with van der Waals surface area (Å²) < 4.78 is 18.0. The molecule has 11 heteroatoms. The van der Waals surface area contributed by atoms with Crippen molar-refractivity contribution < 1.29 is 19.0 Å². The summed E-state index contributed by atoms with van der Waals surface area (Å²) in [5.41, 5.74) is 8.15. The average Bonchev–Trinajstić information content (AvgIpc) is 3.17. The number of anilines is 1. The maximum absolute atomic E-state index is 12.6. The second kappa shape index (κ2) is 11.8. The van der Waals surface area contributed by atoms with E-state index in [1.807, 2.05) is 24.3 Å². The molecule has 4 N–H and O–H groups in total. The van der Waals surface area contributed by atoms with Crippen molar-refractivity contribution in [1.82, 2.24) is 24.8 Å². The highest BCUT2D eigenvalue weighted by Crippen LogP contribution is 2.19. The summed E-state index contributed by atoms with van der Waals surface area (Å²) in [6.07, 6.45) is 2.79. The molecule has 0 aliphatic carbocycles. The van der Waals surface area contributed by atoms with Gasteiger partial charge in [-0.25, -0.2) is 4.79 Å². The quantitative estimate of drug-likeness (QED) is 0.271. The van der Waals surface area contributed by atoms with Crippen LogP contribution in [0.25, 0.3) is 11.2 Å². The van der Waals surface area contributed by atoms with E-state index in [1.54, 1.807) is 0 Å². The van der Waals surface area contributed by atoms with Gasteiger partial charge in [-0.3, -0.25) is 9.36 Å². The van der Waals surface area contributed by atoms with Crippen LogP contribution in [0.15, 0.2) is 29.1 Å². The van der Waals surface area contributed by atoms with Crippen LogP contribution >= 0.6 is 0 Å². The Bertz CT molecular complexity index is 1180. The fourth-order valence-corrected chi connectivity index (χ4v) is 3.82. The number of aromatic nitrogens is 4. The van der Waals surface area contributed by atoms with Crippen LogP contribution in [-0.4, -0.2) is 64.5 Å². The maximum atomic E-state index is 12.6. The number of rotatable bonds is 11. The molecule has 3 heterocycles. The lowest BCUT2D eigenvalue weighted by molar-refractivity contribution is -0.143. The summed E-state index contributed by atoms with van der Waals surface area (Å²) >= 11 is 0. The lowest BCUT2D eigenvalue weighted by atomic mass is 10.1. The number of nitrogens with zero attached hydrogens (tertiary/aromatic N) is 3. The van der Waals surface area contributed by atoms with E-state index in [-0.39, 0.29) is 42.6 Å². The predicted molar refractivity (Wildman–Crippen MR) is 130 cm³/mol. The summed E-state index contributed by atoms with van der Waals surface area (Å²) in [5.74, 6) is -0.116. The number of fused-ring (bicyclic) bond motifs is 1. The number of esters is 1. The smallest absolute Gasteiger partial charge is 0.328 e.